The van der Waals surface area contributed by atoms with Gasteiger partial charge in [0.05, 0.1) is 12.7 Å². The molecular formula is C23H33NO2. The summed E-state index contributed by atoms with van der Waals surface area (Å²) in [6.45, 7) is 14.4. The van der Waals surface area contributed by atoms with Gasteiger partial charge in [0.1, 0.15) is 0 Å². The van der Waals surface area contributed by atoms with E-state index in [1.807, 2.05) is 6.92 Å². The van der Waals surface area contributed by atoms with Gasteiger partial charge in [0.15, 0.2) is 5.70 Å². The van der Waals surface area contributed by atoms with Gasteiger partial charge in [-0.1, -0.05) is 31.1 Å². The third-order valence-electron chi connectivity index (χ3n) is 8.90. The lowest BCUT2D eigenvalue weighted by atomic mass is 9.46. The van der Waals surface area contributed by atoms with Crippen molar-refractivity contribution in [2.24, 2.45) is 34.5 Å². The molecule has 26 heavy (non-hydrogen) atoms. The zero-order valence-corrected chi connectivity index (χ0v) is 16.5. The van der Waals surface area contributed by atoms with Crippen molar-refractivity contribution < 1.29 is 10.2 Å². The van der Waals surface area contributed by atoms with Crippen LogP contribution in [-0.2, 0) is 0 Å². The first-order valence-electron chi connectivity index (χ1n) is 10.4. The summed E-state index contributed by atoms with van der Waals surface area (Å²) < 4.78 is 0. The van der Waals surface area contributed by atoms with Crippen molar-refractivity contribution in [3.05, 3.63) is 34.3 Å². The van der Waals surface area contributed by atoms with Gasteiger partial charge in [0, 0.05) is 12.5 Å². The molecule has 0 heterocycles. The Bertz CT molecular complexity index is 701. The first kappa shape index (κ1) is 18.3. The number of aliphatic hydroxyl groups excluding tert-OH is 2. The maximum Gasteiger partial charge on any atom is 0.162 e. The van der Waals surface area contributed by atoms with Crippen LogP contribution in [0, 0.1) is 41.1 Å². The molecule has 0 aromatic heterocycles. The number of allylic oxidation sites excluding steroid dienone is 3. The van der Waals surface area contributed by atoms with E-state index in [-0.39, 0.29) is 23.4 Å². The number of aliphatic hydroxyl groups is 2. The molecule has 3 fully saturated rings. The minimum Gasteiger partial charge on any atom is -0.396 e. The fourth-order valence-corrected chi connectivity index (χ4v) is 7.54. The fraction of sp³-hybridized carbons (Fsp3) is 0.783. The van der Waals surface area contributed by atoms with Crippen molar-refractivity contribution in [2.45, 2.75) is 71.8 Å². The average Bonchev–Trinajstić information content (AvgIpc) is 2.98. The van der Waals surface area contributed by atoms with E-state index in [9.17, 15) is 10.2 Å². The van der Waals surface area contributed by atoms with Gasteiger partial charge in [-0.2, -0.15) is 0 Å². The van der Waals surface area contributed by atoms with Crippen LogP contribution >= 0.6 is 0 Å². The maximum atomic E-state index is 10.4. The van der Waals surface area contributed by atoms with Crippen LogP contribution < -0.4 is 0 Å². The predicted molar refractivity (Wildman–Crippen MR) is 103 cm³/mol. The molecule has 4 rings (SSSR count). The van der Waals surface area contributed by atoms with Gasteiger partial charge in [-0.25, -0.2) is 4.85 Å². The molecule has 0 spiro atoms. The lowest BCUT2D eigenvalue weighted by molar-refractivity contribution is -0.0498. The zero-order chi connectivity index (χ0) is 18.7. The van der Waals surface area contributed by atoms with E-state index in [4.69, 9.17) is 6.57 Å². The fourth-order valence-electron chi connectivity index (χ4n) is 7.54. The van der Waals surface area contributed by atoms with Crippen molar-refractivity contribution in [3.63, 3.8) is 0 Å². The molecule has 142 valence electrons. The number of nitrogens with zero attached hydrogens (tertiary/aromatic N) is 1. The van der Waals surface area contributed by atoms with E-state index in [1.54, 1.807) is 0 Å². The summed E-state index contributed by atoms with van der Waals surface area (Å²) in [7, 11) is 0. The largest absolute Gasteiger partial charge is 0.396 e. The van der Waals surface area contributed by atoms with Crippen molar-refractivity contribution in [3.8, 4) is 0 Å². The highest BCUT2D eigenvalue weighted by atomic mass is 16.3. The summed E-state index contributed by atoms with van der Waals surface area (Å²) in [4.78, 5) is 3.78. The van der Waals surface area contributed by atoms with Crippen molar-refractivity contribution in [1.29, 1.82) is 0 Å². The molecular weight excluding hydrogens is 322 g/mol. The molecule has 0 amide bonds. The lowest BCUT2D eigenvalue weighted by Gasteiger charge is -2.58. The Hall–Kier alpha value is -1.11. The van der Waals surface area contributed by atoms with Crippen molar-refractivity contribution >= 4 is 0 Å². The molecule has 0 aromatic carbocycles. The molecule has 0 radical (unpaired) electrons. The number of fused-ring (bicyclic) bond motifs is 5. The molecule has 4 aliphatic rings. The Labute approximate surface area is 158 Å². The second-order valence-electron chi connectivity index (χ2n) is 9.83. The summed E-state index contributed by atoms with van der Waals surface area (Å²) >= 11 is 0. The number of hydrogen-bond acceptors (Lipinski definition) is 2. The van der Waals surface area contributed by atoms with Crippen molar-refractivity contribution in [2.75, 3.05) is 6.61 Å². The smallest absolute Gasteiger partial charge is 0.162 e. The summed E-state index contributed by atoms with van der Waals surface area (Å²) in [6, 6.07) is 0. The molecule has 0 unspecified atom stereocenters. The highest BCUT2D eigenvalue weighted by Crippen LogP contribution is 2.67. The molecule has 4 aliphatic carbocycles. The first-order valence-corrected chi connectivity index (χ1v) is 10.4. The average molecular weight is 356 g/mol. The Balaban J connectivity index is 1.68. The molecule has 3 nitrogen and oxygen atoms in total. The molecule has 2 N–H and O–H groups in total. The van der Waals surface area contributed by atoms with Gasteiger partial charge >= 0.3 is 0 Å². The second-order valence-corrected chi connectivity index (χ2v) is 9.83. The van der Waals surface area contributed by atoms with Crippen LogP contribution in [0.5, 0.6) is 0 Å². The van der Waals surface area contributed by atoms with E-state index in [0.29, 0.717) is 11.8 Å². The molecule has 3 saturated carbocycles. The Morgan fingerprint density at radius 3 is 2.62 bits per heavy atom. The minimum atomic E-state index is -0.476. The second kappa shape index (κ2) is 6.21. The zero-order valence-electron chi connectivity index (χ0n) is 16.5. The van der Waals surface area contributed by atoms with Crippen LogP contribution in [-0.4, -0.2) is 22.9 Å². The number of hydrogen-bond donors (Lipinski definition) is 2. The molecule has 0 aromatic rings. The molecule has 7 atom stereocenters. The SMILES string of the molecule is [C-]#[N+]/C(C)=C1/CC[C@H]2[C@@H]3CCC4=C[C@H](O)[C@@H](CO)C[C@]4(C)[C@H]3CC[C@]12C. The van der Waals surface area contributed by atoms with E-state index < -0.39 is 6.10 Å². The van der Waals surface area contributed by atoms with Crippen LogP contribution in [0.2, 0.25) is 0 Å². The van der Waals surface area contributed by atoms with Gasteiger partial charge < -0.3 is 10.2 Å². The van der Waals surface area contributed by atoms with Crippen LogP contribution in [0.4, 0.5) is 0 Å². The normalized spacial score (nSPS) is 49.4. The number of rotatable bonds is 1. The standard InChI is InChI=1S/C23H33NO2/c1-14(24-4)18-7-8-19-17-6-5-16-11-21(26)15(13-25)12-23(16,3)20(17)9-10-22(18,19)2/h11,15,17,19-21,25-26H,5-10,12-13H2,1-3H3/b18-14-/t15-,17+,19+,20+,21+,22-,23+/m1/s1. The monoisotopic (exact) mass is 355 g/mol. The highest BCUT2D eigenvalue weighted by Gasteiger charge is 2.58. The molecule has 0 saturated heterocycles. The summed E-state index contributed by atoms with van der Waals surface area (Å²) in [6.07, 6.45) is 9.60. The topological polar surface area (TPSA) is 44.8 Å². The van der Waals surface area contributed by atoms with Gasteiger partial charge in [0.25, 0.3) is 0 Å². The van der Waals surface area contributed by atoms with Gasteiger partial charge in [-0.05, 0) is 80.5 Å². The lowest BCUT2D eigenvalue weighted by Crippen LogP contribution is -2.51. The van der Waals surface area contributed by atoms with Crippen LogP contribution in [0.15, 0.2) is 22.9 Å². The Morgan fingerprint density at radius 2 is 1.92 bits per heavy atom. The van der Waals surface area contributed by atoms with Crippen LogP contribution in [0.25, 0.3) is 4.85 Å². The Kier molecular flexibility index (Phi) is 4.36. The maximum absolute atomic E-state index is 10.4. The quantitative estimate of drug-likeness (QED) is 0.528. The molecule has 0 aliphatic heterocycles. The van der Waals surface area contributed by atoms with E-state index in [0.717, 1.165) is 30.9 Å². The van der Waals surface area contributed by atoms with E-state index >= 15 is 0 Å². The summed E-state index contributed by atoms with van der Waals surface area (Å²) in [5.41, 5.74) is 4.19. The first-order chi connectivity index (χ1) is 12.3. The highest BCUT2D eigenvalue weighted by molar-refractivity contribution is 5.33. The van der Waals surface area contributed by atoms with Crippen LogP contribution in [0.1, 0.15) is 65.7 Å². The van der Waals surface area contributed by atoms with Crippen LogP contribution in [0.3, 0.4) is 0 Å². The summed E-state index contributed by atoms with van der Waals surface area (Å²) in [5, 5.41) is 20.1. The third-order valence-corrected chi connectivity index (χ3v) is 8.90. The summed E-state index contributed by atoms with van der Waals surface area (Å²) in [5.74, 6) is 2.07. The van der Waals surface area contributed by atoms with Gasteiger partial charge in [-0.3, -0.25) is 0 Å². The van der Waals surface area contributed by atoms with Gasteiger partial charge in [0.2, 0.25) is 0 Å². The predicted octanol–water partition coefficient (Wildman–Crippen LogP) is 4.72. The molecule has 3 heteroatoms. The van der Waals surface area contributed by atoms with E-state index in [2.05, 4.69) is 24.8 Å². The van der Waals surface area contributed by atoms with Gasteiger partial charge in [-0.15, -0.1) is 0 Å². The van der Waals surface area contributed by atoms with Crippen molar-refractivity contribution in [1.82, 2.24) is 0 Å². The minimum absolute atomic E-state index is 0.0146. The van der Waals surface area contributed by atoms with E-state index in [1.165, 1.54) is 36.8 Å². The Morgan fingerprint density at radius 1 is 1.19 bits per heavy atom. The molecule has 0 bridgehead atoms. The third kappa shape index (κ3) is 2.38.